The van der Waals surface area contributed by atoms with Gasteiger partial charge in [-0.15, -0.1) is 11.3 Å². The molecule has 0 spiro atoms. The van der Waals surface area contributed by atoms with Crippen LogP contribution in [0, 0.1) is 0 Å². The summed E-state index contributed by atoms with van der Waals surface area (Å²) < 4.78 is 0. The van der Waals surface area contributed by atoms with Crippen LogP contribution in [0.15, 0.2) is 47.8 Å². The summed E-state index contributed by atoms with van der Waals surface area (Å²) in [5.74, 6) is 0. The summed E-state index contributed by atoms with van der Waals surface area (Å²) in [5, 5.41) is 12.4. The van der Waals surface area contributed by atoms with E-state index in [1.165, 1.54) is 10.4 Å². The maximum absolute atomic E-state index is 10.3. The van der Waals surface area contributed by atoms with Crippen molar-refractivity contribution >= 4 is 11.3 Å². The first-order valence-corrected chi connectivity index (χ1v) is 8.01. The average molecular weight is 289 g/mol. The van der Waals surface area contributed by atoms with E-state index in [-0.39, 0.29) is 6.10 Å². The van der Waals surface area contributed by atoms with Crippen LogP contribution in [0.1, 0.15) is 24.3 Å². The van der Waals surface area contributed by atoms with E-state index in [0.717, 1.165) is 6.54 Å². The molecule has 0 fully saturated rings. The minimum atomic E-state index is -0.320. The summed E-state index contributed by atoms with van der Waals surface area (Å²) in [5.41, 5.74) is 1.19. The molecule has 108 valence electrons. The first kappa shape index (κ1) is 15.2. The second-order valence-corrected chi connectivity index (χ2v) is 6.48. The lowest BCUT2D eigenvalue weighted by atomic mass is 10.1. The quantitative estimate of drug-likeness (QED) is 0.842. The van der Waals surface area contributed by atoms with Gasteiger partial charge < -0.3 is 5.11 Å². The third kappa shape index (κ3) is 4.75. The van der Waals surface area contributed by atoms with Crippen molar-refractivity contribution < 1.29 is 5.11 Å². The highest BCUT2D eigenvalue weighted by Crippen LogP contribution is 2.15. The molecule has 2 aromatic rings. The highest BCUT2D eigenvalue weighted by atomic mass is 32.1. The molecule has 1 unspecified atom stereocenters. The molecule has 2 rings (SSSR count). The highest BCUT2D eigenvalue weighted by molar-refractivity contribution is 7.09. The summed E-state index contributed by atoms with van der Waals surface area (Å²) in [7, 11) is 0. The zero-order valence-corrected chi connectivity index (χ0v) is 13.0. The van der Waals surface area contributed by atoms with Gasteiger partial charge in [0.25, 0.3) is 0 Å². The molecule has 0 amide bonds. The molecule has 1 N–H and O–H groups in total. The van der Waals surface area contributed by atoms with E-state index >= 15 is 0 Å². The Labute approximate surface area is 125 Å². The van der Waals surface area contributed by atoms with Crippen molar-refractivity contribution in [2.24, 2.45) is 0 Å². The molecule has 0 bridgehead atoms. The van der Waals surface area contributed by atoms with Crippen molar-refractivity contribution in [3.63, 3.8) is 0 Å². The SMILES string of the molecule is CC(C)N(Cc1cccs1)CC(O)Cc1ccccc1. The average Bonchev–Trinajstić information content (AvgIpc) is 2.92. The number of nitrogens with zero attached hydrogens (tertiary/aromatic N) is 1. The Hall–Kier alpha value is -1.16. The van der Waals surface area contributed by atoms with Gasteiger partial charge >= 0.3 is 0 Å². The summed E-state index contributed by atoms with van der Waals surface area (Å²) in [4.78, 5) is 3.69. The molecule has 0 radical (unpaired) electrons. The zero-order chi connectivity index (χ0) is 14.4. The van der Waals surface area contributed by atoms with Gasteiger partial charge in [0.15, 0.2) is 0 Å². The van der Waals surface area contributed by atoms with Crippen molar-refractivity contribution in [2.75, 3.05) is 6.54 Å². The zero-order valence-electron chi connectivity index (χ0n) is 12.2. The van der Waals surface area contributed by atoms with Gasteiger partial charge in [0.05, 0.1) is 6.10 Å². The molecule has 20 heavy (non-hydrogen) atoms. The Morgan fingerprint density at radius 1 is 1.10 bits per heavy atom. The molecule has 2 nitrogen and oxygen atoms in total. The smallest absolute Gasteiger partial charge is 0.0707 e. The van der Waals surface area contributed by atoms with Crippen LogP contribution in [0.2, 0.25) is 0 Å². The van der Waals surface area contributed by atoms with Gasteiger partial charge in [0.2, 0.25) is 0 Å². The van der Waals surface area contributed by atoms with Crippen LogP contribution in [-0.2, 0) is 13.0 Å². The van der Waals surface area contributed by atoms with Crippen molar-refractivity contribution in [2.45, 2.75) is 39.0 Å². The number of hydrogen-bond acceptors (Lipinski definition) is 3. The maximum Gasteiger partial charge on any atom is 0.0707 e. The molecule has 3 heteroatoms. The lowest BCUT2D eigenvalue weighted by Crippen LogP contribution is -2.37. The molecule has 0 aliphatic rings. The van der Waals surface area contributed by atoms with E-state index in [9.17, 15) is 5.11 Å². The van der Waals surface area contributed by atoms with Gasteiger partial charge in [0, 0.05) is 24.0 Å². The third-order valence-electron chi connectivity index (χ3n) is 3.43. The molecule has 1 atom stereocenters. The lowest BCUT2D eigenvalue weighted by Gasteiger charge is -2.28. The van der Waals surface area contributed by atoms with Crippen LogP contribution in [0.25, 0.3) is 0 Å². The molecule has 0 aliphatic heterocycles. The fourth-order valence-electron chi connectivity index (χ4n) is 2.28. The van der Waals surface area contributed by atoms with Crippen LogP contribution in [0.3, 0.4) is 0 Å². The molecule has 0 saturated heterocycles. The predicted octanol–water partition coefficient (Wildman–Crippen LogP) is 3.56. The molecule has 1 heterocycles. The van der Waals surface area contributed by atoms with Gasteiger partial charge in [-0.05, 0) is 37.3 Å². The topological polar surface area (TPSA) is 23.5 Å². The van der Waals surface area contributed by atoms with E-state index < -0.39 is 0 Å². The van der Waals surface area contributed by atoms with Crippen LogP contribution in [-0.4, -0.2) is 28.7 Å². The molecule has 1 aromatic carbocycles. The van der Waals surface area contributed by atoms with Crippen LogP contribution >= 0.6 is 11.3 Å². The first-order chi connectivity index (χ1) is 9.65. The van der Waals surface area contributed by atoms with Gasteiger partial charge in [-0.25, -0.2) is 0 Å². The maximum atomic E-state index is 10.3. The van der Waals surface area contributed by atoms with Gasteiger partial charge in [0.1, 0.15) is 0 Å². The van der Waals surface area contributed by atoms with Crippen molar-refractivity contribution in [3.05, 3.63) is 58.3 Å². The number of aliphatic hydroxyl groups excluding tert-OH is 1. The van der Waals surface area contributed by atoms with Crippen molar-refractivity contribution in [1.29, 1.82) is 0 Å². The number of thiophene rings is 1. The van der Waals surface area contributed by atoms with Crippen LogP contribution < -0.4 is 0 Å². The molecule has 0 saturated carbocycles. The van der Waals surface area contributed by atoms with Gasteiger partial charge in [-0.2, -0.15) is 0 Å². The Morgan fingerprint density at radius 3 is 2.45 bits per heavy atom. The van der Waals surface area contributed by atoms with E-state index in [0.29, 0.717) is 19.0 Å². The lowest BCUT2D eigenvalue weighted by molar-refractivity contribution is 0.0915. The second kappa shape index (κ2) is 7.58. The molecule has 1 aromatic heterocycles. The molecule has 0 aliphatic carbocycles. The van der Waals surface area contributed by atoms with Crippen molar-refractivity contribution in [3.8, 4) is 0 Å². The fourth-order valence-corrected chi connectivity index (χ4v) is 3.01. The summed E-state index contributed by atoms with van der Waals surface area (Å²) in [6, 6.07) is 14.9. The second-order valence-electron chi connectivity index (χ2n) is 5.45. The number of rotatable bonds is 7. The molecular formula is C17H23NOS. The highest BCUT2D eigenvalue weighted by Gasteiger charge is 2.16. The monoisotopic (exact) mass is 289 g/mol. The standard InChI is InChI=1S/C17H23NOS/c1-14(2)18(13-17-9-6-10-20-17)12-16(19)11-15-7-4-3-5-8-15/h3-10,14,16,19H,11-13H2,1-2H3. The number of aliphatic hydroxyl groups is 1. The van der Waals surface area contributed by atoms with E-state index in [1.807, 2.05) is 18.2 Å². The largest absolute Gasteiger partial charge is 0.391 e. The third-order valence-corrected chi connectivity index (χ3v) is 4.29. The van der Waals surface area contributed by atoms with Crippen LogP contribution in [0.4, 0.5) is 0 Å². The first-order valence-electron chi connectivity index (χ1n) is 7.13. The van der Waals surface area contributed by atoms with E-state index in [2.05, 4.69) is 48.4 Å². The minimum Gasteiger partial charge on any atom is -0.391 e. The van der Waals surface area contributed by atoms with E-state index in [4.69, 9.17) is 0 Å². The normalized spacial score (nSPS) is 13.1. The summed E-state index contributed by atoms with van der Waals surface area (Å²) in [6.07, 6.45) is 0.397. The van der Waals surface area contributed by atoms with Gasteiger partial charge in [-0.1, -0.05) is 36.4 Å². The fraction of sp³-hybridized carbons (Fsp3) is 0.412. The van der Waals surface area contributed by atoms with Gasteiger partial charge in [-0.3, -0.25) is 4.90 Å². The summed E-state index contributed by atoms with van der Waals surface area (Å²) >= 11 is 1.78. The predicted molar refractivity (Wildman–Crippen MR) is 86.0 cm³/mol. The number of hydrogen-bond donors (Lipinski definition) is 1. The Bertz CT molecular complexity index is 481. The Kier molecular flexibility index (Phi) is 5.77. The van der Waals surface area contributed by atoms with Crippen molar-refractivity contribution in [1.82, 2.24) is 4.90 Å². The minimum absolute atomic E-state index is 0.320. The van der Waals surface area contributed by atoms with E-state index in [1.54, 1.807) is 11.3 Å². The summed E-state index contributed by atoms with van der Waals surface area (Å²) in [6.45, 7) is 6.00. The number of benzene rings is 1. The Morgan fingerprint density at radius 2 is 1.85 bits per heavy atom. The molecular weight excluding hydrogens is 266 g/mol. The Balaban J connectivity index is 1.90. The van der Waals surface area contributed by atoms with Crippen LogP contribution in [0.5, 0.6) is 0 Å².